The van der Waals surface area contributed by atoms with Gasteiger partial charge in [-0.05, 0) is 24.6 Å². The summed E-state index contributed by atoms with van der Waals surface area (Å²) >= 11 is 0. The van der Waals surface area contributed by atoms with Crippen molar-refractivity contribution in [2.45, 2.75) is 12.3 Å². The number of hydrogen-bond acceptors (Lipinski definition) is 5. The summed E-state index contributed by atoms with van der Waals surface area (Å²) in [7, 11) is 0. The van der Waals surface area contributed by atoms with Crippen molar-refractivity contribution in [3.05, 3.63) is 29.8 Å². The molecule has 5 nitrogen and oxygen atoms in total. The van der Waals surface area contributed by atoms with Gasteiger partial charge in [0.15, 0.2) is 5.82 Å². The van der Waals surface area contributed by atoms with E-state index in [1.54, 1.807) is 0 Å². The van der Waals surface area contributed by atoms with E-state index in [4.69, 9.17) is 9.26 Å². The maximum atomic E-state index is 13.1. The maximum absolute atomic E-state index is 13.1. The summed E-state index contributed by atoms with van der Waals surface area (Å²) in [6.07, 6.45) is 0.841. The zero-order valence-electron chi connectivity index (χ0n) is 9.47. The van der Waals surface area contributed by atoms with Crippen LogP contribution in [0.3, 0.4) is 0 Å². The van der Waals surface area contributed by atoms with E-state index in [9.17, 15) is 9.50 Å². The van der Waals surface area contributed by atoms with Crippen LogP contribution in [-0.2, 0) is 4.74 Å². The Balaban J connectivity index is 1.94. The fraction of sp³-hybridized carbons (Fsp3) is 0.333. The van der Waals surface area contributed by atoms with Gasteiger partial charge in [-0.3, -0.25) is 0 Å². The SMILES string of the molecule is Oc1ccc(F)cc1-c1nc(C2CCOC2)no1. The van der Waals surface area contributed by atoms with Gasteiger partial charge in [0.05, 0.1) is 12.2 Å². The third-order valence-electron chi connectivity index (χ3n) is 2.93. The van der Waals surface area contributed by atoms with Gasteiger partial charge in [-0.25, -0.2) is 4.39 Å². The zero-order valence-corrected chi connectivity index (χ0v) is 9.47. The highest BCUT2D eigenvalue weighted by atomic mass is 19.1. The van der Waals surface area contributed by atoms with E-state index in [1.807, 2.05) is 0 Å². The number of aromatic hydroxyl groups is 1. The predicted octanol–water partition coefficient (Wildman–Crippen LogP) is 2.09. The van der Waals surface area contributed by atoms with Gasteiger partial charge >= 0.3 is 0 Å². The van der Waals surface area contributed by atoms with E-state index >= 15 is 0 Å². The molecule has 1 aliphatic rings. The third-order valence-corrected chi connectivity index (χ3v) is 2.93. The smallest absolute Gasteiger partial charge is 0.261 e. The Morgan fingerprint density at radius 3 is 3.06 bits per heavy atom. The van der Waals surface area contributed by atoms with Crippen LogP contribution in [-0.4, -0.2) is 28.5 Å². The second-order valence-electron chi connectivity index (χ2n) is 4.18. The number of phenolic OH excluding ortho intramolecular Hbond substituents is 1. The first-order valence-electron chi connectivity index (χ1n) is 5.64. The molecule has 0 radical (unpaired) electrons. The molecule has 2 heterocycles. The number of hydrogen-bond donors (Lipinski definition) is 1. The molecule has 0 spiro atoms. The molecular weight excluding hydrogens is 239 g/mol. The van der Waals surface area contributed by atoms with Crippen LogP contribution in [0.25, 0.3) is 11.5 Å². The third kappa shape index (κ3) is 1.95. The Morgan fingerprint density at radius 2 is 2.28 bits per heavy atom. The first-order chi connectivity index (χ1) is 8.74. The molecule has 1 atom stereocenters. The summed E-state index contributed by atoms with van der Waals surface area (Å²) in [5, 5.41) is 13.5. The maximum Gasteiger partial charge on any atom is 0.261 e. The van der Waals surface area contributed by atoms with Crippen LogP contribution in [0.15, 0.2) is 22.7 Å². The molecule has 0 aliphatic carbocycles. The van der Waals surface area contributed by atoms with Gasteiger partial charge in [-0.15, -0.1) is 0 Å². The largest absolute Gasteiger partial charge is 0.507 e. The lowest BCUT2D eigenvalue weighted by Gasteiger charge is -1.99. The van der Waals surface area contributed by atoms with Gasteiger partial charge in [0.25, 0.3) is 5.89 Å². The molecule has 1 aromatic heterocycles. The molecule has 18 heavy (non-hydrogen) atoms. The van der Waals surface area contributed by atoms with Crippen LogP contribution >= 0.6 is 0 Å². The van der Waals surface area contributed by atoms with Gasteiger partial charge in [-0.1, -0.05) is 5.16 Å². The molecule has 0 bridgehead atoms. The van der Waals surface area contributed by atoms with E-state index in [1.165, 1.54) is 12.1 Å². The Kier molecular flexibility index (Phi) is 2.71. The summed E-state index contributed by atoms with van der Waals surface area (Å²) < 4.78 is 23.4. The standard InChI is InChI=1S/C12H11FN2O3/c13-8-1-2-10(16)9(5-8)12-14-11(15-18-12)7-3-4-17-6-7/h1-2,5,7,16H,3-4,6H2. The molecule has 1 fully saturated rings. The molecule has 0 amide bonds. The highest BCUT2D eigenvalue weighted by molar-refractivity contribution is 5.61. The van der Waals surface area contributed by atoms with Gasteiger partial charge in [0.1, 0.15) is 11.6 Å². The van der Waals surface area contributed by atoms with Crippen molar-refractivity contribution in [1.82, 2.24) is 10.1 Å². The Bertz CT molecular complexity index is 564. The highest BCUT2D eigenvalue weighted by Crippen LogP contribution is 2.30. The van der Waals surface area contributed by atoms with Gasteiger partial charge < -0.3 is 14.4 Å². The second kappa shape index (κ2) is 4.38. The predicted molar refractivity (Wildman–Crippen MR) is 59.5 cm³/mol. The summed E-state index contributed by atoms with van der Waals surface area (Å²) in [5.74, 6) is 0.208. The van der Waals surface area contributed by atoms with Gasteiger partial charge in [0.2, 0.25) is 0 Å². The molecule has 1 unspecified atom stereocenters. The number of rotatable bonds is 2. The molecule has 1 N–H and O–H groups in total. The molecule has 2 aromatic rings. The number of aromatic nitrogens is 2. The number of benzene rings is 1. The Morgan fingerprint density at radius 1 is 1.39 bits per heavy atom. The van der Waals surface area contributed by atoms with Gasteiger partial charge in [0, 0.05) is 12.5 Å². The normalized spacial score (nSPS) is 19.3. The fourth-order valence-corrected chi connectivity index (χ4v) is 1.93. The van der Waals surface area contributed by atoms with Crippen molar-refractivity contribution in [3.63, 3.8) is 0 Å². The van der Waals surface area contributed by atoms with Crippen molar-refractivity contribution < 1.29 is 18.8 Å². The average Bonchev–Trinajstić information content (AvgIpc) is 3.00. The van der Waals surface area contributed by atoms with E-state index in [-0.39, 0.29) is 23.1 Å². The molecule has 1 saturated heterocycles. The minimum Gasteiger partial charge on any atom is -0.507 e. The topological polar surface area (TPSA) is 68.4 Å². The van der Waals surface area contributed by atoms with E-state index in [2.05, 4.69) is 10.1 Å². The minimum absolute atomic E-state index is 0.0886. The van der Waals surface area contributed by atoms with Crippen LogP contribution < -0.4 is 0 Å². The molecule has 1 aliphatic heterocycles. The van der Waals surface area contributed by atoms with Crippen LogP contribution in [0.2, 0.25) is 0 Å². The molecule has 0 saturated carbocycles. The fourth-order valence-electron chi connectivity index (χ4n) is 1.93. The lowest BCUT2D eigenvalue weighted by molar-refractivity contribution is 0.192. The first-order valence-corrected chi connectivity index (χ1v) is 5.64. The summed E-state index contributed by atoms with van der Waals surface area (Å²) in [6.45, 7) is 1.24. The van der Waals surface area contributed by atoms with Crippen molar-refractivity contribution in [3.8, 4) is 17.2 Å². The molecular formula is C12H11FN2O3. The van der Waals surface area contributed by atoms with Crippen LogP contribution in [0.1, 0.15) is 18.2 Å². The number of ether oxygens (including phenoxy) is 1. The number of phenols is 1. The average molecular weight is 250 g/mol. The van der Waals surface area contributed by atoms with E-state index < -0.39 is 5.82 Å². The quantitative estimate of drug-likeness (QED) is 0.883. The zero-order chi connectivity index (χ0) is 12.5. The van der Waals surface area contributed by atoms with Gasteiger partial charge in [-0.2, -0.15) is 4.98 Å². The molecule has 3 rings (SSSR count). The van der Waals surface area contributed by atoms with Crippen LogP contribution in [0, 0.1) is 5.82 Å². The lowest BCUT2D eigenvalue weighted by Crippen LogP contribution is -1.99. The highest BCUT2D eigenvalue weighted by Gasteiger charge is 2.24. The van der Waals surface area contributed by atoms with E-state index in [0.717, 1.165) is 12.5 Å². The first kappa shape index (κ1) is 11.2. The summed E-state index contributed by atoms with van der Waals surface area (Å²) in [4.78, 5) is 4.18. The number of halogens is 1. The van der Waals surface area contributed by atoms with Crippen LogP contribution in [0.5, 0.6) is 5.75 Å². The molecule has 1 aromatic carbocycles. The summed E-state index contributed by atoms with van der Waals surface area (Å²) in [6, 6.07) is 3.59. The van der Waals surface area contributed by atoms with Crippen molar-refractivity contribution >= 4 is 0 Å². The number of nitrogens with zero attached hydrogens (tertiary/aromatic N) is 2. The molecule has 6 heteroatoms. The van der Waals surface area contributed by atoms with Crippen LogP contribution in [0.4, 0.5) is 4.39 Å². The minimum atomic E-state index is -0.466. The molecule has 94 valence electrons. The van der Waals surface area contributed by atoms with Crippen molar-refractivity contribution in [2.24, 2.45) is 0 Å². The Labute approximate surface area is 102 Å². The van der Waals surface area contributed by atoms with E-state index in [0.29, 0.717) is 19.0 Å². The Hall–Kier alpha value is -1.95. The lowest BCUT2D eigenvalue weighted by atomic mass is 10.1. The summed E-state index contributed by atoms with van der Waals surface area (Å²) in [5.41, 5.74) is 0.202. The van der Waals surface area contributed by atoms with Crippen molar-refractivity contribution in [2.75, 3.05) is 13.2 Å². The second-order valence-corrected chi connectivity index (χ2v) is 4.18. The monoisotopic (exact) mass is 250 g/mol. The van der Waals surface area contributed by atoms with Crippen molar-refractivity contribution in [1.29, 1.82) is 0 Å².